The van der Waals surface area contributed by atoms with Crippen LogP contribution in [-0.4, -0.2) is 76.8 Å². The Morgan fingerprint density at radius 3 is 2.12 bits per heavy atom. The molecule has 1 atom stereocenters. The Hall–Kier alpha value is -4.13. The number of hydroxylamine groups is 2. The van der Waals surface area contributed by atoms with E-state index in [-0.39, 0.29) is 30.5 Å². The third-order valence-electron chi connectivity index (χ3n) is 5.65. The van der Waals surface area contributed by atoms with Gasteiger partial charge in [-0.25, -0.2) is 0 Å². The Bertz CT molecular complexity index is 1250. The standard InChI is InChI=1S/C27H34N4O8S/c1-4-5-10-31(39-22-9-8-20-11-19(17(2)27(37)38)6-7-21(20)12-22)26(36)15-30-24(34)13-28-23(33)14-29-25(35)16-40-18(3)32/h6-9,11-12,17H,4-5,10,13-16H2,1-3H3,(H,28,33)(H,29,35)(H,30,34)(H,37,38)/t17-/m0/s1. The topological polar surface area (TPSA) is 171 Å². The highest BCUT2D eigenvalue weighted by molar-refractivity contribution is 8.14. The molecular formula is C27H34N4O8S. The minimum absolute atomic E-state index is 0.103. The minimum atomic E-state index is -0.913. The third kappa shape index (κ3) is 10.9. The molecule has 0 bridgehead atoms. The highest BCUT2D eigenvalue weighted by atomic mass is 32.2. The van der Waals surface area contributed by atoms with E-state index in [1.165, 1.54) is 12.0 Å². The van der Waals surface area contributed by atoms with E-state index < -0.39 is 42.1 Å². The molecular weight excluding hydrogens is 540 g/mol. The van der Waals surface area contributed by atoms with Crippen molar-refractivity contribution in [3.8, 4) is 5.75 Å². The molecule has 0 radical (unpaired) electrons. The lowest BCUT2D eigenvalue weighted by molar-refractivity contribution is -0.157. The summed E-state index contributed by atoms with van der Waals surface area (Å²) in [6, 6.07) is 10.5. The Balaban J connectivity index is 1.89. The van der Waals surface area contributed by atoms with Gasteiger partial charge in [0.2, 0.25) is 17.7 Å². The van der Waals surface area contributed by atoms with E-state index in [1.807, 2.05) is 6.92 Å². The monoisotopic (exact) mass is 574 g/mol. The average Bonchev–Trinajstić information content (AvgIpc) is 2.93. The predicted octanol–water partition coefficient (Wildman–Crippen LogP) is 1.58. The first-order valence-corrected chi connectivity index (χ1v) is 13.7. The molecule has 0 unspecified atom stereocenters. The molecule has 4 N–H and O–H groups in total. The largest absolute Gasteiger partial charge is 0.481 e. The molecule has 0 aliphatic heterocycles. The second kappa shape index (κ2) is 16.1. The number of rotatable bonds is 15. The molecule has 0 saturated carbocycles. The van der Waals surface area contributed by atoms with Crippen LogP contribution in [0.3, 0.4) is 0 Å². The quantitative estimate of drug-likeness (QED) is 0.231. The van der Waals surface area contributed by atoms with E-state index >= 15 is 0 Å². The van der Waals surface area contributed by atoms with Crippen LogP contribution in [-0.2, 0) is 28.8 Å². The number of amides is 4. The molecule has 0 saturated heterocycles. The molecule has 2 aromatic carbocycles. The van der Waals surface area contributed by atoms with Crippen LogP contribution >= 0.6 is 11.8 Å². The van der Waals surface area contributed by atoms with Gasteiger partial charge in [-0.05, 0) is 41.8 Å². The van der Waals surface area contributed by atoms with Crippen molar-refractivity contribution in [1.82, 2.24) is 21.0 Å². The zero-order valence-electron chi connectivity index (χ0n) is 22.7. The summed E-state index contributed by atoms with van der Waals surface area (Å²) in [7, 11) is 0. The summed E-state index contributed by atoms with van der Waals surface area (Å²) < 4.78 is 0. The van der Waals surface area contributed by atoms with E-state index in [0.717, 1.165) is 29.0 Å². The lowest BCUT2D eigenvalue weighted by atomic mass is 9.98. The second-order valence-electron chi connectivity index (χ2n) is 8.88. The van der Waals surface area contributed by atoms with Crippen LogP contribution in [0.4, 0.5) is 0 Å². The van der Waals surface area contributed by atoms with Crippen LogP contribution in [0.5, 0.6) is 5.75 Å². The van der Waals surface area contributed by atoms with Crippen molar-refractivity contribution < 1.29 is 38.7 Å². The number of fused-ring (bicyclic) bond motifs is 1. The molecule has 0 aliphatic rings. The lowest BCUT2D eigenvalue weighted by Crippen LogP contribution is -2.46. The maximum absolute atomic E-state index is 12.8. The number of hydrogen-bond acceptors (Lipinski definition) is 8. The number of carbonyl (C=O) groups excluding carboxylic acids is 5. The summed E-state index contributed by atoms with van der Waals surface area (Å²) in [6.45, 7) is 4.08. The van der Waals surface area contributed by atoms with Crippen molar-refractivity contribution in [2.75, 3.05) is 31.9 Å². The number of nitrogens with one attached hydrogen (secondary N) is 3. The number of hydrogen-bond donors (Lipinski definition) is 4. The average molecular weight is 575 g/mol. The summed E-state index contributed by atoms with van der Waals surface area (Å²) in [6.07, 6.45) is 1.47. The van der Waals surface area contributed by atoms with E-state index in [0.29, 0.717) is 17.7 Å². The number of aliphatic carboxylic acids is 1. The van der Waals surface area contributed by atoms with Gasteiger partial charge in [0.25, 0.3) is 5.91 Å². The zero-order chi connectivity index (χ0) is 29.7. The number of carboxylic acids is 1. The van der Waals surface area contributed by atoms with E-state index in [1.54, 1.807) is 43.3 Å². The molecule has 216 valence electrons. The number of unbranched alkanes of at least 4 members (excludes halogenated alkanes) is 1. The summed E-state index contributed by atoms with van der Waals surface area (Å²) in [5.41, 5.74) is 0.675. The van der Waals surface area contributed by atoms with Gasteiger partial charge in [-0.2, -0.15) is 5.06 Å². The molecule has 0 spiro atoms. The second-order valence-corrected chi connectivity index (χ2v) is 10.0. The first kappa shape index (κ1) is 32.1. The predicted molar refractivity (Wildman–Crippen MR) is 149 cm³/mol. The Morgan fingerprint density at radius 1 is 0.900 bits per heavy atom. The van der Waals surface area contributed by atoms with Gasteiger partial charge in [0.05, 0.1) is 37.8 Å². The Labute approximate surface area is 236 Å². The smallest absolute Gasteiger partial charge is 0.310 e. The van der Waals surface area contributed by atoms with Crippen LogP contribution in [0.15, 0.2) is 36.4 Å². The van der Waals surface area contributed by atoms with Gasteiger partial charge in [0, 0.05) is 6.92 Å². The molecule has 2 aromatic rings. The fraction of sp³-hybridized carbons (Fsp3) is 0.407. The van der Waals surface area contributed by atoms with Gasteiger partial charge in [0.1, 0.15) is 0 Å². The van der Waals surface area contributed by atoms with Crippen molar-refractivity contribution in [1.29, 1.82) is 0 Å². The molecule has 0 aromatic heterocycles. The van der Waals surface area contributed by atoms with E-state index in [2.05, 4.69) is 16.0 Å². The molecule has 0 aliphatic carbocycles. The zero-order valence-corrected chi connectivity index (χ0v) is 23.5. The Kier molecular flexibility index (Phi) is 12.9. The van der Waals surface area contributed by atoms with Gasteiger partial charge >= 0.3 is 5.97 Å². The van der Waals surface area contributed by atoms with Crippen LogP contribution in [0, 0.1) is 0 Å². The first-order chi connectivity index (χ1) is 19.0. The van der Waals surface area contributed by atoms with Gasteiger partial charge in [0.15, 0.2) is 10.9 Å². The normalized spacial score (nSPS) is 11.3. The van der Waals surface area contributed by atoms with E-state index in [4.69, 9.17) is 4.84 Å². The fourth-order valence-electron chi connectivity index (χ4n) is 3.32. The molecule has 13 heteroatoms. The van der Waals surface area contributed by atoms with Crippen LogP contribution in [0.25, 0.3) is 10.8 Å². The number of carboxylic acid groups (broad SMARTS) is 1. The maximum Gasteiger partial charge on any atom is 0.310 e. The Morgan fingerprint density at radius 2 is 1.50 bits per heavy atom. The van der Waals surface area contributed by atoms with Crippen molar-refractivity contribution in [2.24, 2.45) is 0 Å². The third-order valence-corrected chi connectivity index (χ3v) is 6.46. The van der Waals surface area contributed by atoms with Crippen LogP contribution in [0.1, 0.15) is 45.1 Å². The summed E-state index contributed by atoms with van der Waals surface area (Å²) in [4.78, 5) is 76.3. The highest BCUT2D eigenvalue weighted by Crippen LogP contribution is 2.26. The van der Waals surface area contributed by atoms with Crippen molar-refractivity contribution in [3.05, 3.63) is 42.0 Å². The maximum atomic E-state index is 12.8. The number of thioether (sulfide) groups is 1. The lowest BCUT2D eigenvalue weighted by Gasteiger charge is -2.23. The molecule has 2 rings (SSSR count). The van der Waals surface area contributed by atoms with Crippen LogP contribution < -0.4 is 20.8 Å². The summed E-state index contributed by atoms with van der Waals surface area (Å²) in [5.74, 6) is -3.44. The van der Waals surface area contributed by atoms with Crippen molar-refractivity contribution >= 4 is 57.2 Å². The summed E-state index contributed by atoms with van der Waals surface area (Å²) in [5, 5.41) is 18.9. The van der Waals surface area contributed by atoms with E-state index in [9.17, 15) is 33.9 Å². The minimum Gasteiger partial charge on any atom is -0.481 e. The SMILES string of the molecule is CCCCN(Oc1ccc2cc([C@H](C)C(=O)O)ccc2c1)C(=O)CNC(=O)CNC(=O)CNC(=O)CSC(C)=O. The van der Waals surface area contributed by atoms with Gasteiger partial charge in [-0.3, -0.25) is 28.8 Å². The van der Waals surface area contributed by atoms with Crippen molar-refractivity contribution in [2.45, 2.75) is 39.5 Å². The molecule has 4 amide bonds. The first-order valence-electron chi connectivity index (χ1n) is 12.7. The van der Waals surface area contributed by atoms with Gasteiger partial charge in [-0.15, -0.1) is 0 Å². The number of benzene rings is 2. The number of carbonyl (C=O) groups is 6. The van der Waals surface area contributed by atoms with Gasteiger partial charge < -0.3 is 25.9 Å². The number of nitrogens with zero attached hydrogens (tertiary/aromatic N) is 1. The van der Waals surface area contributed by atoms with Crippen molar-refractivity contribution in [3.63, 3.8) is 0 Å². The molecule has 40 heavy (non-hydrogen) atoms. The fourth-order valence-corrected chi connectivity index (χ4v) is 3.76. The molecule has 0 fully saturated rings. The van der Waals surface area contributed by atoms with Gasteiger partial charge in [-0.1, -0.05) is 49.4 Å². The molecule has 0 heterocycles. The van der Waals surface area contributed by atoms with Crippen LogP contribution in [0.2, 0.25) is 0 Å². The highest BCUT2D eigenvalue weighted by Gasteiger charge is 2.18. The summed E-state index contributed by atoms with van der Waals surface area (Å²) >= 11 is 0.818. The molecule has 12 nitrogen and oxygen atoms in total.